The lowest BCUT2D eigenvalue weighted by atomic mass is 10.2. The quantitative estimate of drug-likeness (QED) is 0.777. The second-order valence-electron chi connectivity index (χ2n) is 6.32. The second kappa shape index (κ2) is 6.24. The third-order valence-corrected chi connectivity index (χ3v) is 4.57. The second-order valence-corrected chi connectivity index (χ2v) is 6.32. The first-order valence-corrected chi connectivity index (χ1v) is 8.44. The number of likely N-dealkylation sites (tertiary alicyclic amines) is 1. The van der Waals surface area contributed by atoms with Gasteiger partial charge in [0.25, 0.3) is 0 Å². The molecule has 4 heterocycles. The molecule has 3 aromatic rings. The summed E-state index contributed by atoms with van der Waals surface area (Å²) in [4.78, 5) is 2.48. The normalized spacial score (nSPS) is 16.8. The van der Waals surface area contributed by atoms with Gasteiger partial charge in [-0.15, -0.1) is 15.3 Å². The largest absolute Gasteiger partial charge is 0.465 e. The predicted octanol–water partition coefficient (Wildman–Crippen LogP) is 2.58. The lowest BCUT2D eigenvalue weighted by Crippen LogP contribution is -2.31. The molecule has 0 aromatic carbocycles. The summed E-state index contributed by atoms with van der Waals surface area (Å²) in [7, 11) is 0. The fourth-order valence-corrected chi connectivity index (χ4v) is 3.29. The minimum absolute atomic E-state index is 0.223. The van der Waals surface area contributed by atoms with E-state index >= 15 is 0 Å². The minimum atomic E-state index is 0.223. The van der Waals surface area contributed by atoms with Crippen molar-refractivity contribution in [1.29, 1.82) is 0 Å². The molecule has 1 aliphatic heterocycles. The maximum atomic E-state index is 5.90. The molecular weight excluding hydrogens is 304 g/mol. The van der Waals surface area contributed by atoms with Gasteiger partial charge in [0.2, 0.25) is 0 Å². The van der Waals surface area contributed by atoms with Gasteiger partial charge in [-0.2, -0.15) is 4.52 Å². The van der Waals surface area contributed by atoms with E-state index in [0.717, 1.165) is 48.4 Å². The average Bonchev–Trinajstić information content (AvgIpc) is 3.31. The van der Waals surface area contributed by atoms with E-state index in [2.05, 4.69) is 31.6 Å². The summed E-state index contributed by atoms with van der Waals surface area (Å²) >= 11 is 0. The first-order valence-electron chi connectivity index (χ1n) is 8.44. The molecule has 3 aromatic heterocycles. The van der Waals surface area contributed by atoms with Crippen LogP contribution in [0.5, 0.6) is 0 Å². The summed E-state index contributed by atoms with van der Waals surface area (Å²) in [5.41, 5.74) is 0.760. The molecule has 0 bridgehead atoms. The average molecular weight is 326 g/mol. The third-order valence-electron chi connectivity index (χ3n) is 4.57. The fourth-order valence-electron chi connectivity index (χ4n) is 3.29. The number of hydrogen-bond donors (Lipinski definition) is 1. The Morgan fingerprint density at radius 2 is 1.96 bits per heavy atom. The third kappa shape index (κ3) is 2.87. The molecule has 0 spiro atoms. The van der Waals surface area contributed by atoms with Crippen LogP contribution in [0.4, 0.5) is 5.82 Å². The van der Waals surface area contributed by atoms with Crippen LogP contribution in [-0.2, 0) is 0 Å². The molecule has 0 radical (unpaired) electrons. The first-order chi connectivity index (χ1) is 11.7. The van der Waals surface area contributed by atoms with Gasteiger partial charge in [0.15, 0.2) is 11.5 Å². The maximum Gasteiger partial charge on any atom is 0.178 e. The number of anilines is 1. The number of nitrogens with zero attached hydrogens (tertiary/aromatic N) is 5. The van der Waals surface area contributed by atoms with Crippen molar-refractivity contribution >= 4 is 11.5 Å². The Bertz CT molecular complexity index is 833. The van der Waals surface area contributed by atoms with E-state index in [1.165, 1.54) is 12.8 Å². The molecule has 1 saturated heterocycles. The van der Waals surface area contributed by atoms with Crippen LogP contribution in [0, 0.1) is 13.8 Å². The number of hydrogen-bond acceptors (Lipinski definition) is 6. The molecule has 24 heavy (non-hydrogen) atoms. The number of aryl methyl sites for hydroxylation is 2. The molecule has 1 unspecified atom stereocenters. The molecule has 7 nitrogen and oxygen atoms in total. The van der Waals surface area contributed by atoms with Crippen molar-refractivity contribution in [2.24, 2.45) is 0 Å². The van der Waals surface area contributed by atoms with E-state index in [4.69, 9.17) is 4.42 Å². The maximum absolute atomic E-state index is 5.90. The zero-order valence-electron chi connectivity index (χ0n) is 14.1. The van der Waals surface area contributed by atoms with Crippen LogP contribution in [-0.4, -0.2) is 44.3 Å². The molecule has 1 fully saturated rings. The van der Waals surface area contributed by atoms with Gasteiger partial charge in [0, 0.05) is 6.54 Å². The van der Waals surface area contributed by atoms with Gasteiger partial charge in [-0.05, 0) is 64.0 Å². The van der Waals surface area contributed by atoms with Gasteiger partial charge >= 0.3 is 0 Å². The van der Waals surface area contributed by atoms with Crippen LogP contribution < -0.4 is 5.32 Å². The highest BCUT2D eigenvalue weighted by molar-refractivity contribution is 5.44. The van der Waals surface area contributed by atoms with Crippen LogP contribution >= 0.6 is 0 Å². The van der Waals surface area contributed by atoms with E-state index in [1.807, 2.05) is 32.0 Å². The molecule has 0 aliphatic carbocycles. The lowest BCUT2D eigenvalue weighted by molar-refractivity contribution is 0.223. The van der Waals surface area contributed by atoms with E-state index in [-0.39, 0.29) is 6.04 Å². The number of fused-ring (bicyclic) bond motifs is 1. The summed E-state index contributed by atoms with van der Waals surface area (Å²) in [5, 5.41) is 16.1. The molecule has 0 amide bonds. The molecule has 7 heteroatoms. The van der Waals surface area contributed by atoms with Gasteiger partial charge in [-0.3, -0.25) is 4.90 Å². The van der Waals surface area contributed by atoms with Crippen molar-refractivity contribution in [1.82, 2.24) is 24.7 Å². The molecule has 126 valence electrons. The SMILES string of the molecule is Cc1ccc(C(CNc2ccc3nnc(C)n3n2)N2CCCC2)o1. The van der Waals surface area contributed by atoms with Gasteiger partial charge in [-0.25, -0.2) is 0 Å². The highest BCUT2D eigenvalue weighted by Gasteiger charge is 2.25. The van der Waals surface area contributed by atoms with Gasteiger partial charge in [0.05, 0.1) is 6.04 Å². The Balaban J connectivity index is 1.54. The Labute approximate surface area is 140 Å². The van der Waals surface area contributed by atoms with Crippen LogP contribution in [0.2, 0.25) is 0 Å². The van der Waals surface area contributed by atoms with Crippen molar-refractivity contribution in [3.63, 3.8) is 0 Å². The summed E-state index contributed by atoms with van der Waals surface area (Å²) in [6.45, 7) is 6.87. The predicted molar refractivity (Wildman–Crippen MR) is 91.0 cm³/mol. The Hall–Kier alpha value is -2.41. The number of aromatic nitrogens is 4. The van der Waals surface area contributed by atoms with Crippen molar-refractivity contribution in [3.05, 3.63) is 41.6 Å². The van der Waals surface area contributed by atoms with E-state index in [1.54, 1.807) is 4.52 Å². The number of nitrogens with one attached hydrogen (secondary N) is 1. The summed E-state index contributed by atoms with van der Waals surface area (Å²) in [6, 6.07) is 8.21. The summed E-state index contributed by atoms with van der Waals surface area (Å²) in [5.74, 6) is 3.57. The van der Waals surface area contributed by atoms with Crippen LogP contribution in [0.1, 0.15) is 36.2 Å². The lowest BCUT2D eigenvalue weighted by Gasteiger charge is -2.26. The Morgan fingerprint density at radius 1 is 1.12 bits per heavy atom. The molecule has 1 aliphatic rings. The first kappa shape index (κ1) is 15.1. The van der Waals surface area contributed by atoms with E-state index < -0.39 is 0 Å². The Kier molecular flexibility index (Phi) is 3.93. The van der Waals surface area contributed by atoms with Crippen molar-refractivity contribution in [2.75, 3.05) is 25.0 Å². The highest BCUT2D eigenvalue weighted by Crippen LogP contribution is 2.27. The van der Waals surface area contributed by atoms with Crippen molar-refractivity contribution in [3.8, 4) is 0 Å². The standard InChI is InChI=1S/C17H22N6O/c1-12-5-6-15(24-12)14(22-9-3-4-10-22)11-18-16-7-8-17-20-19-13(2)23(17)21-16/h5-8,14H,3-4,9-11H2,1-2H3,(H,18,21). The minimum Gasteiger partial charge on any atom is -0.465 e. The van der Waals surface area contributed by atoms with Crippen LogP contribution in [0.15, 0.2) is 28.7 Å². The molecule has 0 saturated carbocycles. The van der Waals surface area contributed by atoms with Gasteiger partial charge in [0.1, 0.15) is 17.3 Å². The van der Waals surface area contributed by atoms with Gasteiger partial charge in [-0.1, -0.05) is 0 Å². The Morgan fingerprint density at radius 3 is 2.71 bits per heavy atom. The highest BCUT2D eigenvalue weighted by atomic mass is 16.3. The number of furan rings is 1. The van der Waals surface area contributed by atoms with Crippen LogP contribution in [0.25, 0.3) is 5.65 Å². The van der Waals surface area contributed by atoms with Gasteiger partial charge < -0.3 is 9.73 Å². The van der Waals surface area contributed by atoms with Crippen LogP contribution in [0.3, 0.4) is 0 Å². The summed E-state index contributed by atoms with van der Waals surface area (Å²) in [6.07, 6.45) is 2.50. The van der Waals surface area contributed by atoms with E-state index in [0.29, 0.717) is 0 Å². The fraction of sp³-hybridized carbons (Fsp3) is 0.471. The zero-order chi connectivity index (χ0) is 16.5. The summed E-state index contributed by atoms with van der Waals surface area (Å²) < 4.78 is 7.65. The van der Waals surface area contributed by atoms with Crippen molar-refractivity contribution < 1.29 is 4.42 Å². The molecule has 1 N–H and O–H groups in total. The molecular formula is C17H22N6O. The number of rotatable bonds is 5. The smallest absolute Gasteiger partial charge is 0.178 e. The molecule has 1 atom stereocenters. The molecule has 4 rings (SSSR count). The zero-order valence-corrected chi connectivity index (χ0v) is 14.1. The van der Waals surface area contributed by atoms with Crippen molar-refractivity contribution in [2.45, 2.75) is 32.7 Å². The topological polar surface area (TPSA) is 71.5 Å². The van der Waals surface area contributed by atoms with E-state index in [9.17, 15) is 0 Å². The monoisotopic (exact) mass is 326 g/mol.